The van der Waals surface area contributed by atoms with Crippen LogP contribution in [0.5, 0.6) is 0 Å². The SMILES string of the molecule is COCCCN1C(=O)c2ccc(C(=O)OCC(=O)N[C@](C)(C#N)C3CC3)cc2C1=O. The number of nitrogens with one attached hydrogen (secondary N) is 1. The molecule has 1 heterocycles. The third-order valence-corrected chi connectivity index (χ3v) is 5.30. The predicted molar refractivity (Wildman–Crippen MR) is 103 cm³/mol. The Labute approximate surface area is 173 Å². The number of rotatable bonds is 9. The van der Waals surface area contributed by atoms with Gasteiger partial charge in [0.15, 0.2) is 6.61 Å². The minimum Gasteiger partial charge on any atom is -0.452 e. The molecule has 0 aromatic heterocycles. The number of imide groups is 1. The van der Waals surface area contributed by atoms with Gasteiger partial charge in [-0.15, -0.1) is 0 Å². The number of ether oxygens (including phenoxy) is 2. The van der Waals surface area contributed by atoms with Gasteiger partial charge in [0.25, 0.3) is 17.7 Å². The molecule has 0 saturated heterocycles. The zero-order valence-corrected chi connectivity index (χ0v) is 16.9. The fourth-order valence-electron chi connectivity index (χ4n) is 3.41. The minimum atomic E-state index is -0.976. The molecule has 3 amide bonds. The first-order chi connectivity index (χ1) is 14.3. The summed E-state index contributed by atoms with van der Waals surface area (Å²) in [6.45, 7) is 1.74. The summed E-state index contributed by atoms with van der Waals surface area (Å²) in [5.74, 6) is -2.16. The highest BCUT2D eigenvalue weighted by atomic mass is 16.5. The molecule has 3 rings (SSSR count). The van der Waals surface area contributed by atoms with Crippen LogP contribution in [0, 0.1) is 17.2 Å². The van der Waals surface area contributed by atoms with Gasteiger partial charge in [0.05, 0.1) is 22.8 Å². The number of esters is 1. The normalized spacial score (nSPS) is 17.2. The number of amides is 3. The molecule has 1 atom stereocenters. The van der Waals surface area contributed by atoms with Crippen LogP contribution in [0.1, 0.15) is 57.3 Å². The van der Waals surface area contributed by atoms with E-state index in [1.807, 2.05) is 0 Å². The zero-order valence-electron chi connectivity index (χ0n) is 16.9. The van der Waals surface area contributed by atoms with Crippen molar-refractivity contribution < 1.29 is 28.7 Å². The molecule has 0 spiro atoms. The Balaban J connectivity index is 1.61. The van der Waals surface area contributed by atoms with E-state index in [0.717, 1.165) is 17.7 Å². The molecule has 0 unspecified atom stereocenters. The van der Waals surface area contributed by atoms with Gasteiger partial charge in [-0.25, -0.2) is 4.79 Å². The van der Waals surface area contributed by atoms with Crippen molar-refractivity contribution in [3.05, 3.63) is 34.9 Å². The molecule has 158 valence electrons. The van der Waals surface area contributed by atoms with E-state index in [2.05, 4.69) is 11.4 Å². The highest BCUT2D eigenvalue weighted by Crippen LogP contribution is 2.39. The third-order valence-electron chi connectivity index (χ3n) is 5.30. The van der Waals surface area contributed by atoms with Gasteiger partial charge in [-0.2, -0.15) is 5.26 Å². The van der Waals surface area contributed by atoms with Gasteiger partial charge in [-0.3, -0.25) is 19.3 Å². The van der Waals surface area contributed by atoms with Crippen molar-refractivity contribution in [2.45, 2.75) is 31.7 Å². The van der Waals surface area contributed by atoms with Crippen LogP contribution in [0.2, 0.25) is 0 Å². The minimum absolute atomic E-state index is 0.0617. The average molecular weight is 413 g/mol. The molecule has 9 nitrogen and oxygen atoms in total. The van der Waals surface area contributed by atoms with Crippen LogP contribution in [0.3, 0.4) is 0 Å². The maximum atomic E-state index is 12.5. The first-order valence-electron chi connectivity index (χ1n) is 9.69. The van der Waals surface area contributed by atoms with Crippen LogP contribution in [0.4, 0.5) is 0 Å². The number of carbonyl (C=O) groups excluding carboxylic acids is 4. The summed E-state index contributed by atoms with van der Waals surface area (Å²) in [4.78, 5) is 50.4. The molecule has 30 heavy (non-hydrogen) atoms. The Bertz CT molecular complexity index is 933. The predicted octanol–water partition coefficient (Wildman–Crippen LogP) is 1.28. The number of nitrogens with zero attached hydrogens (tertiary/aromatic N) is 2. The van der Waals surface area contributed by atoms with Crippen LogP contribution >= 0.6 is 0 Å². The lowest BCUT2D eigenvalue weighted by Gasteiger charge is -2.22. The summed E-state index contributed by atoms with van der Waals surface area (Å²) in [5.41, 5.74) is -0.564. The molecule has 1 aliphatic heterocycles. The summed E-state index contributed by atoms with van der Waals surface area (Å²) >= 11 is 0. The maximum Gasteiger partial charge on any atom is 0.338 e. The molecule has 1 aliphatic carbocycles. The van der Waals surface area contributed by atoms with E-state index in [0.29, 0.717) is 13.0 Å². The second-order valence-electron chi connectivity index (χ2n) is 7.58. The lowest BCUT2D eigenvalue weighted by atomic mass is 9.98. The van der Waals surface area contributed by atoms with Gasteiger partial charge in [-0.1, -0.05) is 0 Å². The number of fused-ring (bicyclic) bond motifs is 1. The van der Waals surface area contributed by atoms with Gasteiger partial charge >= 0.3 is 5.97 Å². The molecule has 0 bridgehead atoms. The lowest BCUT2D eigenvalue weighted by Crippen LogP contribution is -2.48. The van der Waals surface area contributed by atoms with Crippen LogP contribution in [-0.2, 0) is 14.3 Å². The zero-order chi connectivity index (χ0) is 21.9. The first kappa shape index (κ1) is 21.5. The molecule has 0 radical (unpaired) electrons. The summed E-state index contributed by atoms with van der Waals surface area (Å²) in [6.07, 6.45) is 2.25. The topological polar surface area (TPSA) is 126 Å². The number of nitriles is 1. The van der Waals surface area contributed by atoms with Crippen molar-refractivity contribution in [2.24, 2.45) is 5.92 Å². The van der Waals surface area contributed by atoms with E-state index in [9.17, 15) is 24.4 Å². The number of methoxy groups -OCH3 is 1. The monoisotopic (exact) mass is 413 g/mol. The van der Waals surface area contributed by atoms with Gasteiger partial charge in [0.1, 0.15) is 5.54 Å². The number of hydrogen-bond donors (Lipinski definition) is 1. The molecular weight excluding hydrogens is 390 g/mol. The molecule has 1 fully saturated rings. The Morgan fingerprint density at radius 2 is 1.97 bits per heavy atom. The van der Waals surface area contributed by atoms with Crippen molar-refractivity contribution in [1.82, 2.24) is 10.2 Å². The van der Waals surface area contributed by atoms with E-state index in [1.54, 1.807) is 6.92 Å². The van der Waals surface area contributed by atoms with Crippen LogP contribution < -0.4 is 5.32 Å². The number of carbonyl (C=O) groups is 4. The van der Waals surface area contributed by atoms with Crippen molar-refractivity contribution in [3.63, 3.8) is 0 Å². The van der Waals surface area contributed by atoms with Crippen molar-refractivity contribution in [3.8, 4) is 6.07 Å². The average Bonchev–Trinajstić information content (AvgIpc) is 3.56. The first-order valence-corrected chi connectivity index (χ1v) is 9.69. The van der Waals surface area contributed by atoms with E-state index >= 15 is 0 Å². The Hall–Kier alpha value is -3.25. The smallest absolute Gasteiger partial charge is 0.338 e. The number of benzene rings is 1. The van der Waals surface area contributed by atoms with Crippen LogP contribution in [0.25, 0.3) is 0 Å². The highest BCUT2D eigenvalue weighted by Gasteiger charge is 2.43. The quantitative estimate of drug-likeness (QED) is 0.367. The molecule has 9 heteroatoms. The second kappa shape index (κ2) is 8.63. The van der Waals surface area contributed by atoms with E-state index in [4.69, 9.17) is 9.47 Å². The second-order valence-corrected chi connectivity index (χ2v) is 7.58. The number of hydrogen-bond acceptors (Lipinski definition) is 7. The van der Waals surface area contributed by atoms with Crippen LogP contribution in [-0.4, -0.2) is 61.0 Å². The van der Waals surface area contributed by atoms with Crippen molar-refractivity contribution in [2.75, 3.05) is 26.9 Å². The van der Waals surface area contributed by atoms with Gasteiger partial charge < -0.3 is 14.8 Å². The lowest BCUT2D eigenvalue weighted by molar-refractivity contribution is -0.125. The summed E-state index contributed by atoms with van der Waals surface area (Å²) in [6, 6.07) is 6.18. The van der Waals surface area contributed by atoms with Gasteiger partial charge in [-0.05, 0) is 50.3 Å². The summed E-state index contributed by atoms with van der Waals surface area (Å²) < 4.78 is 9.96. The van der Waals surface area contributed by atoms with E-state index in [1.165, 1.54) is 25.3 Å². The fourth-order valence-corrected chi connectivity index (χ4v) is 3.41. The van der Waals surface area contributed by atoms with Gasteiger partial charge in [0.2, 0.25) is 0 Å². The molecular formula is C21H23N3O6. The summed E-state index contributed by atoms with van der Waals surface area (Å²) in [7, 11) is 1.53. The molecule has 1 saturated carbocycles. The Morgan fingerprint density at radius 1 is 1.27 bits per heavy atom. The van der Waals surface area contributed by atoms with Crippen molar-refractivity contribution >= 4 is 23.7 Å². The van der Waals surface area contributed by atoms with Crippen molar-refractivity contribution in [1.29, 1.82) is 5.26 Å². The Morgan fingerprint density at radius 3 is 2.60 bits per heavy atom. The van der Waals surface area contributed by atoms with E-state index in [-0.39, 0.29) is 29.2 Å². The van der Waals surface area contributed by atoms with Crippen LogP contribution in [0.15, 0.2) is 18.2 Å². The highest BCUT2D eigenvalue weighted by molar-refractivity contribution is 6.22. The molecule has 1 N–H and O–H groups in total. The maximum absolute atomic E-state index is 12.5. The third kappa shape index (κ3) is 4.33. The fraction of sp³-hybridized carbons (Fsp3) is 0.476. The largest absolute Gasteiger partial charge is 0.452 e. The Kier molecular flexibility index (Phi) is 6.17. The van der Waals surface area contributed by atoms with E-state index < -0.39 is 35.8 Å². The summed E-state index contributed by atoms with van der Waals surface area (Å²) in [5, 5.41) is 11.9. The molecule has 1 aromatic rings. The van der Waals surface area contributed by atoms with Gasteiger partial charge in [0, 0.05) is 20.3 Å². The molecule has 1 aromatic carbocycles. The standard InChI is InChI=1S/C21H23N3O6/c1-21(12-22,14-5-6-14)23-17(25)11-30-20(28)13-4-7-15-16(10-13)19(27)24(18(15)26)8-3-9-29-2/h4,7,10,14H,3,5-6,8-9,11H2,1-2H3,(H,23,25)/t21-/m1/s1. The molecule has 2 aliphatic rings.